The fraction of sp³-hybridized carbons (Fsp3) is 0.188. The predicted octanol–water partition coefficient (Wildman–Crippen LogP) is 3.75. The van der Waals surface area contributed by atoms with Crippen molar-refractivity contribution in [3.05, 3.63) is 64.1 Å². The molecule has 0 atom stereocenters. The standard InChI is InChI=1S/C16H14N4S2/c17-10-13-3-1-4-14(9-13)11-22-16-19-18-12-20(16)7-6-15-5-2-8-21-15/h1-5,8-9,12H,6-7,11H2. The van der Waals surface area contributed by atoms with Crippen molar-refractivity contribution in [1.82, 2.24) is 14.8 Å². The van der Waals surface area contributed by atoms with Crippen molar-refractivity contribution < 1.29 is 0 Å². The highest BCUT2D eigenvalue weighted by Gasteiger charge is 2.06. The van der Waals surface area contributed by atoms with E-state index in [1.165, 1.54) is 4.88 Å². The lowest BCUT2D eigenvalue weighted by Crippen LogP contribution is -2.01. The Kier molecular flexibility index (Phi) is 4.88. The van der Waals surface area contributed by atoms with E-state index in [1.807, 2.05) is 24.3 Å². The molecule has 2 aromatic heterocycles. The van der Waals surface area contributed by atoms with Gasteiger partial charge in [-0.1, -0.05) is 30.0 Å². The Morgan fingerprint density at radius 2 is 2.23 bits per heavy atom. The van der Waals surface area contributed by atoms with Crippen molar-refractivity contribution in [3.63, 3.8) is 0 Å². The number of thioether (sulfide) groups is 1. The molecule has 22 heavy (non-hydrogen) atoms. The topological polar surface area (TPSA) is 54.5 Å². The van der Waals surface area contributed by atoms with Crippen molar-refractivity contribution in [2.24, 2.45) is 0 Å². The first-order chi connectivity index (χ1) is 10.8. The Labute approximate surface area is 137 Å². The molecule has 0 aliphatic carbocycles. The zero-order valence-electron chi connectivity index (χ0n) is 11.8. The third-order valence-corrected chi connectivity index (χ3v) is 5.17. The monoisotopic (exact) mass is 326 g/mol. The summed E-state index contributed by atoms with van der Waals surface area (Å²) in [6, 6.07) is 14.1. The Balaban J connectivity index is 1.61. The second kappa shape index (κ2) is 7.25. The number of aromatic nitrogens is 3. The molecule has 110 valence electrons. The van der Waals surface area contributed by atoms with Crippen LogP contribution in [0.1, 0.15) is 16.0 Å². The normalized spacial score (nSPS) is 10.5. The molecule has 0 fully saturated rings. The molecule has 0 aliphatic rings. The van der Waals surface area contributed by atoms with Gasteiger partial charge in [-0.3, -0.25) is 0 Å². The zero-order chi connectivity index (χ0) is 15.2. The van der Waals surface area contributed by atoms with E-state index < -0.39 is 0 Å². The van der Waals surface area contributed by atoms with E-state index in [0.29, 0.717) is 5.56 Å². The van der Waals surface area contributed by atoms with Crippen molar-refractivity contribution in [2.75, 3.05) is 0 Å². The molecule has 0 N–H and O–H groups in total. The molecule has 3 rings (SSSR count). The largest absolute Gasteiger partial charge is 0.308 e. The molecule has 4 nitrogen and oxygen atoms in total. The van der Waals surface area contributed by atoms with Crippen molar-refractivity contribution >= 4 is 23.1 Å². The van der Waals surface area contributed by atoms with Gasteiger partial charge in [0, 0.05) is 17.2 Å². The number of nitriles is 1. The average Bonchev–Trinajstić information content (AvgIpc) is 3.22. The first-order valence-electron chi connectivity index (χ1n) is 6.87. The SMILES string of the molecule is N#Cc1cccc(CSc2nncn2CCc2cccs2)c1. The summed E-state index contributed by atoms with van der Waals surface area (Å²) in [4.78, 5) is 1.37. The first kappa shape index (κ1) is 14.8. The van der Waals surface area contributed by atoms with Crippen molar-refractivity contribution in [1.29, 1.82) is 5.26 Å². The minimum absolute atomic E-state index is 0.692. The lowest BCUT2D eigenvalue weighted by molar-refractivity contribution is 0.637. The van der Waals surface area contributed by atoms with Crippen LogP contribution in [0.3, 0.4) is 0 Å². The predicted molar refractivity (Wildman–Crippen MR) is 88.8 cm³/mol. The summed E-state index contributed by atoms with van der Waals surface area (Å²) in [5.41, 5.74) is 1.81. The van der Waals surface area contributed by atoms with Crippen LogP contribution in [0, 0.1) is 11.3 Å². The third kappa shape index (κ3) is 3.75. The first-order valence-corrected chi connectivity index (χ1v) is 8.74. The van der Waals surface area contributed by atoms with Crippen molar-refractivity contribution in [3.8, 4) is 6.07 Å². The highest BCUT2D eigenvalue weighted by molar-refractivity contribution is 7.98. The van der Waals surface area contributed by atoms with Crippen LogP contribution >= 0.6 is 23.1 Å². The molecule has 0 amide bonds. The number of nitrogens with zero attached hydrogens (tertiary/aromatic N) is 4. The highest BCUT2D eigenvalue weighted by atomic mass is 32.2. The summed E-state index contributed by atoms with van der Waals surface area (Å²) in [5, 5.41) is 20.1. The zero-order valence-corrected chi connectivity index (χ0v) is 13.5. The van der Waals surface area contributed by atoms with Gasteiger partial charge in [-0.25, -0.2) is 0 Å². The van der Waals surface area contributed by atoms with E-state index in [9.17, 15) is 0 Å². The lowest BCUT2D eigenvalue weighted by atomic mass is 10.2. The molecular weight excluding hydrogens is 312 g/mol. The lowest BCUT2D eigenvalue weighted by Gasteiger charge is -2.05. The molecule has 0 spiro atoms. The maximum Gasteiger partial charge on any atom is 0.191 e. The molecule has 0 bridgehead atoms. The van der Waals surface area contributed by atoms with Gasteiger partial charge in [0.15, 0.2) is 5.16 Å². The maximum atomic E-state index is 8.94. The van der Waals surface area contributed by atoms with Gasteiger partial charge in [-0.2, -0.15) is 5.26 Å². The quantitative estimate of drug-likeness (QED) is 0.647. The number of rotatable bonds is 6. The number of benzene rings is 1. The summed E-state index contributed by atoms with van der Waals surface area (Å²) >= 11 is 3.42. The van der Waals surface area contributed by atoms with Crippen molar-refractivity contribution in [2.45, 2.75) is 23.9 Å². The molecule has 0 aliphatic heterocycles. The van der Waals surface area contributed by atoms with Crippen LogP contribution in [-0.2, 0) is 18.7 Å². The molecule has 0 saturated carbocycles. The number of hydrogen-bond donors (Lipinski definition) is 0. The van der Waals surface area contributed by atoms with Crippen LogP contribution in [0.4, 0.5) is 0 Å². The molecule has 1 aromatic carbocycles. The van der Waals surface area contributed by atoms with E-state index in [0.717, 1.165) is 29.4 Å². The molecule has 0 unspecified atom stereocenters. The Hall–Kier alpha value is -2.10. The van der Waals surface area contributed by atoms with Gasteiger partial charge < -0.3 is 4.57 Å². The minimum Gasteiger partial charge on any atom is -0.308 e. The minimum atomic E-state index is 0.692. The molecule has 0 radical (unpaired) electrons. The maximum absolute atomic E-state index is 8.94. The second-order valence-electron chi connectivity index (χ2n) is 4.74. The highest BCUT2D eigenvalue weighted by Crippen LogP contribution is 2.21. The number of thiophene rings is 1. The van der Waals surface area contributed by atoms with Crippen LogP contribution < -0.4 is 0 Å². The average molecular weight is 326 g/mol. The molecule has 3 aromatic rings. The number of aryl methyl sites for hydroxylation is 2. The van der Waals surface area contributed by atoms with Crippen LogP contribution in [-0.4, -0.2) is 14.8 Å². The van der Waals surface area contributed by atoms with Gasteiger partial charge in [0.05, 0.1) is 11.6 Å². The summed E-state index contributed by atoms with van der Waals surface area (Å²) in [7, 11) is 0. The summed E-state index contributed by atoms with van der Waals surface area (Å²) < 4.78 is 2.08. The van der Waals surface area contributed by atoms with E-state index >= 15 is 0 Å². The summed E-state index contributed by atoms with van der Waals surface area (Å²) in [6.07, 6.45) is 2.77. The molecule has 6 heteroatoms. The van der Waals surface area contributed by atoms with Crippen LogP contribution in [0.25, 0.3) is 0 Å². The van der Waals surface area contributed by atoms with Gasteiger partial charge in [0.1, 0.15) is 6.33 Å². The fourth-order valence-electron chi connectivity index (χ4n) is 2.07. The molecule has 0 saturated heterocycles. The van der Waals surface area contributed by atoms with Gasteiger partial charge in [-0.15, -0.1) is 21.5 Å². The molecular formula is C16H14N4S2. The van der Waals surface area contributed by atoms with Crippen LogP contribution in [0.15, 0.2) is 53.3 Å². The Morgan fingerprint density at radius 1 is 1.27 bits per heavy atom. The van der Waals surface area contributed by atoms with Gasteiger partial charge >= 0.3 is 0 Å². The third-order valence-electron chi connectivity index (χ3n) is 3.18. The van der Waals surface area contributed by atoms with E-state index in [4.69, 9.17) is 5.26 Å². The van der Waals surface area contributed by atoms with E-state index in [-0.39, 0.29) is 0 Å². The fourth-order valence-corrected chi connectivity index (χ4v) is 3.66. The second-order valence-corrected chi connectivity index (χ2v) is 6.71. The van der Waals surface area contributed by atoms with E-state index in [1.54, 1.807) is 29.4 Å². The van der Waals surface area contributed by atoms with Crippen LogP contribution in [0.2, 0.25) is 0 Å². The van der Waals surface area contributed by atoms with Crippen LogP contribution in [0.5, 0.6) is 0 Å². The summed E-state index contributed by atoms with van der Waals surface area (Å²) in [5.74, 6) is 0.785. The Morgan fingerprint density at radius 3 is 3.05 bits per heavy atom. The number of hydrogen-bond acceptors (Lipinski definition) is 5. The molecule has 2 heterocycles. The Bertz CT molecular complexity index is 772. The van der Waals surface area contributed by atoms with Gasteiger partial charge in [0.2, 0.25) is 0 Å². The van der Waals surface area contributed by atoms with E-state index in [2.05, 4.69) is 38.3 Å². The summed E-state index contributed by atoms with van der Waals surface area (Å²) in [6.45, 7) is 0.883. The van der Waals surface area contributed by atoms with Gasteiger partial charge in [0.25, 0.3) is 0 Å². The van der Waals surface area contributed by atoms with Gasteiger partial charge in [-0.05, 0) is 35.6 Å². The smallest absolute Gasteiger partial charge is 0.191 e.